The zero-order valence-corrected chi connectivity index (χ0v) is 13.5. The molecule has 120 valence electrons. The molecule has 0 saturated heterocycles. The van der Waals surface area contributed by atoms with Crippen molar-refractivity contribution in [2.75, 3.05) is 0 Å². The van der Waals surface area contributed by atoms with Gasteiger partial charge in [-0.3, -0.25) is 4.79 Å². The van der Waals surface area contributed by atoms with Crippen molar-refractivity contribution in [3.05, 3.63) is 30.4 Å². The fourth-order valence-electron chi connectivity index (χ4n) is 1.99. The molecule has 2 aromatic heterocycles. The van der Waals surface area contributed by atoms with E-state index < -0.39 is 0 Å². The molecule has 1 amide bonds. The van der Waals surface area contributed by atoms with Gasteiger partial charge >= 0.3 is 0 Å². The van der Waals surface area contributed by atoms with Crippen molar-refractivity contribution in [2.24, 2.45) is 0 Å². The van der Waals surface area contributed by atoms with E-state index in [1.807, 2.05) is 38.5 Å². The number of aromatic nitrogens is 4. The number of aryl methyl sites for hydroxylation is 1. The summed E-state index contributed by atoms with van der Waals surface area (Å²) in [6.45, 7) is 8.72. The maximum absolute atomic E-state index is 11.9. The molecule has 0 unspecified atom stereocenters. The lowest BCUT2D eigenvalue weighted by atomic mass is 9.96. The molecule has 0 aliphatic rings. The Hall–Kier alpha value is -2.18. The Morgan fingerprint density at radius 2 is 2.23 bits per heavy atom. The molecular weight excluding hydrogens is 282 g/mol. The third kappa shape index (κ3) is 4.68. The monoisotopic (exact) mass is 305 g/mol. The van der Waals surface area contributed by atoms with Crippen LogP contribution in [0, 0.1) is 0 Å². The Labute approximate surface area is 130 Å². The number of carbonyl (C=O) groups excluding carboxylic acids is 1. The third-order valence-corrected chi connectivity index (χ3v) is 3.16. The van der Waals surface area contributed by atoms with E-state index in [2.05, 4.69) is 20.4 Å². The average Bonchev–Trinajstić information content (AvgIpc) is 3.05. The quantitative estimate of drug-likeness (QED) is 0.878. The molecule has 1 N–H and O–H groups in total. The lowest BCUT2D eigenvalue weighted by Crippen LogP contribution is -2.35. The number of rotatable bonds is 6. The molecule has 0 spiro atoms. The topological polar surface area (TPSA) is 85.8 Å². The summed E-state index contributed by atoms with van der Waals surface area (Å²) in [4.78, 5) is 20.2. The van der Waals surface area contributed by atoms with E-state index >= 15 is 0 Å². The highest BCUT2D eigenvalue weighted by atomic mass is 16.5. The first-order chi connectivity index (χ1) is 10.3. The van der Waals surface area contributed by atoms with Crippen molar-refractivity contribution >= 4 is 5.91 Å². The van der Waals surface area contributed by atoms with Crippen molar-refractivity contribution in [3.8, 4) is 0 Å². The van der Waals surface area contributed by atoms with Gasteiger partial charge in [0.1, 0.15) is 0 Å². The number of hydrogen-bond donors (Lipinski definition) is 1. The summed E-state index contributed by atoms with van der Waals surface area (Å²) < 4.78 is 7.11. The molecule has 2 aromatic rings. The Balaban J connectivity index is 1.76. The van der Waals surface area contributed by atoms with Gasteiger partial charge in [0.15, 0.2) is 5.82 Å². The maximum atomic E-state index is 11.9. The van der Waals surface area contributed by atoms with E-state index in [1.54, 1.807) is 12.5 Å². The van der Waals surface area contributed by atoms with E-state index in [4.69, 9.17) is 4.52 Å². The van der Waals surface area contributed by atoms with Crippen LogP contribution in [0.25, 0.3) is 0 Å². The SMILES string of the molecule is C[C@@H](Cn1ccnc1)NC(=O)CCc1nc(C(C)(C)C)no1. The van der Waals surface area contributed by atoms with Crippen LogP contribution in [-0.2, 0) is 23.2 Å². The fourth-order valence-corrected chi connectivity index (χ4v) is 1.99. The number of nitrogens with zero attached hydrogens (tertiary/aromatic N) is 4. The highest BCUT2D eigenvalue weighted by Gasteiger charge is 2.21. The van der Waals surface area contributed by atoms with E-state index in [-0.39, 0.29) is 17.4 Å². The number of imidazole rings is 1. The van der Waals surface area contributed by atoms with Gasteiger partial charge in [0.2, 0.25) is 11.8 Å². The van der Waals surface area contributed by atoms with Gasteiger partial charge in [-0.05, 0) is 6.92 Å². The number of amides is 1. The van der Waals surface area contributed by atoms with Crippen molar-refractivity contribution in [1.29, 1.82) is 0 Å². The van der Waals surface area contributed by atoms with E-state index in [0.29, 0.717) is 31.1 Å². The Morgan fingerprint density at radius 3 is 2.82 bits per heavy atom. The average molecular weight is 305 g/mol. The lowest BCUT2D eigenvalue weighted by Gasteiger charge is -2.14. The number of nitrogens with one attached hydrogen (secondary N) is 1. The maximum Gasteiger partial charge on any atom is 0.227 e. The molecule has 2 heterocycles. The van der Waals surface area contributed by atoms with Gasteiger partial charge in [-0.1, -0.05) is 25.9 Å². The predicted octanol–water partition coefficient (Wildman–Crippen LogP) is 1.70. The first-order valence-electron chi connectivity index (χ1n) is 7.43. The first-order valence-corrected chi connectivity index (χ1v) is 7.43. The summed E-state index contributed by atoms with van der Waals surface area (Å²) in [5.74, 6) is 1.14. The Kier molecular flexibility index (Phi) is 4.95. The molecule has 2 rings (SSSR count). The smallest absolute Gasteiger partial charge is 0.227 e. The van der Waals surface area contributed by atoms with Gasteiger partial charge in [-0.25, -0.2) is 4.98 Å². The molecule has 7 heteroatoms. The zero-order chi connectivity index (χ0) is 16.2. The van der Waals surface area contributed by atoms with E-state index in [0.717, 1.165) is 0 Å². The third-order valence-electron chi connectivity index (χ3n) is 3.16. The standard InChI is InChI=1S/C15H23N5O2/c1-11(9-20-8-7-16-10-20)17-12(21)5-6-13-18-14(19-22-13)15(2,3)4/h7-8,10-11H,5-6,9H2,1-4H3,(H,17,21)/t11-/m0/s1. The molecule has 0 saturated carbocycles. The van der Waals surface area contributed by atoms with Crippen LogP contribution in [0.1, 0.15) is 45.8 Å². The largest absolute Gasteiger partial charge is 0.352 e. The normalized spacial score (nSPS) is 13.1. The van der Waals surface area contributed by atoms with Gasteiger partial charge in [0.25, 0.3) is 0 Å². The summed E-state index contributed by atoms with van der Waals surface area (Å²) in [6, 6.07) is 0.0366. The number of hydrogen-bond acceptors (Lipinski definition) is 5. The van der Waals surface area contributed by atoms with Gasteiger partial charge in [-0.15, -0.1) is 0 Å². The molecule has 0 aliphatic heterocycles. The van der Waals surface area contributed by atoms with Crippen molar-refractivity contribution < 1.29 is 9.32 Å². The predicted molar refractivity (Wildman–Crippen MR) is 81.2 cm³/mol. The van der Waals surface area contributed by atoms with Crippen molar-refractivity contribution in [3.63, 3.8) is 0 Å². The second-order valence-corrected chi connectivity index (χ2v) is 6.49. The van der Waals surface area contributed by atoms with Gasteiger partial charge in [0.05, 0.1) is 6.33 Å². The van der Waals surface area contributed by atoms with Crippen molar-refractivity contribution in [1.82, 2.24) is 25.0 Å². The molecule has 1 atom stereocenters. The van der Waals surface area contributed by atoms with Crippen LogP contribution in [0.4, 0.5) is 0 Å². The highest BCUT2D eigenvalue weighted by Crippen LogP contribution is 2.18. The molecule has 0 aliphatic carbocycles. The van der Waals surface area contributed by atoms with Crippen LogP contribution < -0.4 is 5.32 Å². The minimum Gasteiger partial charge on any atom is -0.352 e. The molecular formula is C15H23N5O2. The minimum absolute atomic E-state index is 0.0249. The van der Waals surface area contributed by atoms with Crippen LogP contribution in [0.3, 0.4) is 0 Å². The summed E-state index contributed by atoms with van der Waals surface area (Å²) in [7, 11) is 0. The van der Waals surface area contributed by atoms with Crippen LogP contribution >= 0.6 is 0 Å². The van der Waals surface area contributed by atoms with E-state index in [1.165, 1.54) is 0 Å². The lowest BCUT2D eigenvalue weighted by molar-refractivity contribution is -0.121. The number of carbonyl (C=O) groups is 1. The van der Waals surface area contributed by atoms with Crippen LogP contribution in [0.5, 0.6) is 0 Å². The molecule has 0 bridgehead atoms. The van der Waals surface area contributed by atoms with E-state index in [9.17, 15) is 4.79 Å². The van der Waals surface area contributed by atoms with Gasteiger partial charge < -0.3 is 14.4 Å². The summed E-state index contributed by atoms with van der Waals surface area (Å²) in [5, 5.41) is 6.90. The highest BCUT2D eigenvalue weighted by molar-refractivity contribution is 5.76. The van der Waals surface area contributed by atoms with Crippen LogP contribution in [0.15, 0.2) is 23.2 Å². The Morgan fingerprint density at radius 1 is 1.45 bits per heavy atom. The second kappa shape index (κ2) is 6.72. The molecule has 0 fully saturated rings. The van der Waals surface area contributed by atoms with Crippen LogP contribution in [0.2, 0.25) is 0 Å². The molecule has 0 radical (unpaired) electrons. The summed E-state index contributed by atoms with van der Waals surface area (Å²) in [5.41, 5.74) is -0.149. The van der Waals surface area contributed by atoms with Gasteiger partial charge in [0, 0.05) is 43.2 Å². The summed E-state index contributed by atoms with van der Waals surface area (Å²) in [6.07, 6.45) is 6.11. The molecule has 22 heavy (non-hydrogen) atoms. The summed E-state index contributed by atoms with van der Waals surface area (Å²) >= 11 is 0. The van der Waals surface area contributed by atoms with Gasteiger partial charge in [-0.2, -0.15) is 4.98 Å². The molecule has 7 nitrogen and oxygen atoms in total. The zero-order valence-electron chi connectivity index (χ0n) is 13.5. The minimum atomic E-state index is -0.149. The first kappa shape index (κ1) is 16.2. The fraction of sp³-hybridized carbons (Fsp3) is 0.600. The van der Waals surface area contributed by atoms with Crippen molar-refractivity contribution in [2.45, 2.75) is 58.5 Å². The molecule has 0 aromatic carbocycles. The second-order valence-electron chi connectivity index (χ2n) is 6.49. The Bertz CT molecular complexity index is 598. The van der Waals surface area contributed by atoms with Crippen LogP contribution in [-0.4, -0.2) is 31.6 Å².